The molecule has 6 heteroatoms. The Morgan fingerprint density at radius 3 is 3.18 bits per heavy atom. The average Bonchev–Trinajstić information content (AvgIpc) is 2.40. The van der Waals surface area contributed by atoms with Gasteiger partial charge in [-0.2, -0.15) is 4.98 Å². The van der Waals surface area contributed by atoms with E-state index < -0.39 is 0 Å². The number of hydrazine groups is 1. The molecule has 0 saturated carbocycles. The zero-order chi connectivity index (χ0) is 12.1. The topological polar surface area (TPSA) is 76.3 Å². The number of nitrogens with one attached hydrogen (secondary N) is 1. The molecule has 2 rings (SSSR count). The lowest BCUT2D eigenvalue weighted by Gasteiger charge is -2.28. The van der Waals surface area contributed by atoms with Crippen LogP contribution < -0.4 is 16.2 Å². The highest BCUT2D eigenvalue weighted by atomic mass is 16.5. The number of nitrogens with two attached hydrogens (primary N) is 1. The molecule has 1 fully saturated rings. The fraction of sp³-hybridized carbons (Fsp3) is 0.636. The van der Waals surface area contributed by atoms with Crippen molar-refractivity contribution >= 4 is 11.8 Å². The van der Waals surface area contributed by atoms with Crippen molar-refractivity contribution in [2.75, 3.05) is 30.5 Å². The Kier molecular flexibility index (Phi) is 4.11. The minimum absolute atomic E-state index is 0.304. The van der Waals surface area contributed by atoms with Crippen LogP contribution in [-0.2, 0) is 4.74 Å². The number of likely N-dealkylation sites (N-methyl/N-ethyl adjacent to an activating group) is 1. The van der Waals surface area contributed by atoms with Gasteiger partial charge in [-0.1, -0.05) is 0 Å². The number of anilines is 2. The number of rotatable bonds is 4. The summed E-state index contributed by atoms with van der Waals surface area (Å²) < 4.78 is 5.70. The number of hydrogen-bond donors (Lipinski definition) is 2. The monoisotopic (exact) mass is 237 g/mol. The van der Waals surface area contributed by atoms with Crippen LogP contribution in [0, 0.1) is 0 Å². The summed E-state index contributed by atoms with van der Waals surface area (Å²) in [6.07, 6.45) is 5.54. The van der Waals surface area contributed by atoms with Gasteiger partial charge in [0.1, 0.15) is 5.82 Å². The second-order valence-corrected chi connectivity index (χ2v) is 4.25. The number of ether oxygens (including phenoxy) is 1. The maximum atomic E-state index is 5.70. The summed E-state index contributed by atoms with van der Waals surface area (Å²) >= 11 is 0. The lowest BCUT2D eigenvalue weighted by Crippen LogP contribution is -2.33. The van der Waals surface area contributed by atoms with Crippen molar-refractivity contribution in [3.05, 3.63) is 12.3 Å². The van der Waals surface area contributed by atoms with Crippen LogP contribution in [0.3, 0.4) is 0 Å². The standard InChI is InChI=1S/C11H19N5O/c1-16(8-9-4-2-3-7-17-9)10-5-6-13-11(14-10)15-12/h5-6,9H,2-4,7-8,12H2,1H3,(H,13,14,15). The lowest BCUT2D eigenvalue weighted by atomic mass is 10.1. The Morgan fingerprint density at radius 2 is 2.47 bits per heavy atom. The third kappa shape index (κ3) is 3.28. The Balaban J connectivity index is 1.95. The quantitative estimate of drug-likeness (QED) is 0.595. The van der Waals surface area contributed by atoms with Gasteiger partial charge in [0.2, 0.25) is 5.95 Å². The molecule has 0 amide bonds. The van der Waals surface area contributed by atoms with Crippen LogP contribution >= 0.6 is 0 Å². The van der Waals surface area contributed by atoms with Gasteiger partial charge in [-0.05, 0) is 25.3 Å². The smallest absolute Gasteiger partial charge is 0.239 e. The van der Waals surface area contributed by atoms with Crippen molar-refractivity contribution in [3.8, 4) is 0 Å². The summed E-state index contributed by atoms with van der Waals surface area (Å²) in [5.41, 5.74) is 2.45. The van der Waals surface area contributed by atoms with E-state index >= 15 is 0 Å². The van der Waals surface area contributed by atoms with Gasteiger partial charge in [0.05, 0.1) is 6.10 Å². The number of aromatic nitrogens is 2. The first kappa shape index (κ1) is 12.1. The van der Waals surface area contributed by atoms with Crippen molar-refractivity contribution in [1.82, 2.24) is 9.97 Å². The first-order valence-corrected chi connectivity index (χ1v) is 5.92. The van der Waals surface area contributed by atoms with E-state index in [1.54, 1.807) is 6.20 Å². The van der Waals surface area contributed by atoms with Crippen LogP contribution in [0.15, 0.2) is 12.3 Å². The predicted molar refractivity (Wildman–Crippen MR) is 66.7 cm³/mol. The van der Waals surface area contributed by atoms with Crippen LogP contribution in [0.5, 0.6) is 0 Å². The number of nitrogens with zero attached hydrogens (tertiary/aromatic N) is 3. The molecule has 1 aliphatic heterocycles. The van der Waals surface area contributed by atoms with Gasteiger partial charge in [-0.25, -0.2) is 10.8 Å². The van der Waals surface area contributed by atoms with Gasteiger partial charge in [-0.15, -0.1) is 0 Å². The Hall–Kier alpha value is -1.40. The van der Waals surface area contributed by atoms with Crippen LogP contribution in [-0.4, -0.2) is 36.3 Å². The van der Waals surface area contributed by atoms with E-state index in [4.69, 9.17) is 10.6 Å². The summed E-state index contributed by atoms with van der Waals surface area (Å²) in [5, 5.41) is 0. The van der Waals surface area contributed by atoms with Gasteiger partial charge in [-0.3, -0.25) is 5.43 Å². The van der Waals surface area contributed by atoms with Gasteiger partial charge in [0.25, 0.3) is 0 Å². The molecule has 1 aromatic heterocycles. The maximum Gasteiger partial charge on any atom is 0.239 e. The first-order valence-electron chi connectivity index (χ1n) is 5.92. The van der Waals surface area contributed by atoms with Gasteiger partial charge in [0.15, 0.2) is 0 Å². The van der Waals surface area contributed by atoms with Crippen molar-refractivity contribution in [3.63, 3.8) is 0 Å². The Labute approximate surface area is 101 Å². The number of hydrogen-bond acceptors (Lipinski definition) is 6. The minimum Gasteiger partial charge on any atom is -0.376 e. The van der Waals surface area contributed by atoms with E-state index in [0.717, 1.165) is 25.4 Å². The van der Waals surface area contributed by atoms with E-state index in [1.807, 2.05) is 13.1 Å². The van der Waals surface area contributed by atoms with Crippen molar-refractivity contribution in [2.45, 2.75) is 25.4 Å². The van der Waals surface area contributed by atoms with E-state index in [1.165, 1.54) is 12.8 Å². The molecule has 0 aromatic carbocycles. The van der Waals surface area contributed by atoms with Crippen molar-refractivity contribution in [2.24, 2.45) is 5.84 Å². The molecule has 6 nitrogen and oxygen atoms in total. The van der Waals surface area contributed by atoms with Crippen molar-refractivity contribution in [1.29, 1.82) is 0 Å². The van der Waals surface area contributed by atoms with Crippen LogP contribution in [0.4, 0.5) is 11.8 Å². The highest BCUT2D eigenvalue weighted by molar-refractivity contribution is 5.41. The fourth-order valence-corrected chi connectivity index (χ4v) is 1.98. The van der Waals surface area contributed by atoms with Gasteiger partial charge < -0.3 is 9.64 Å². The maximum absolute atomic E-state index is 5.70. The molecular formula is C11H19N5O. The van der Waals surface area contributed by atoms with E-state index in [2.05, 4.69) is 20.3 Å². The molecule has 94 valence electrons. The molecule has 1 aliphatic rings. The lowest BCUT2D eigenvalue weighted by molar-refractivity contribution is 0.0215. The van der Waals surface area contributed by atoms with Gasteiger partial charge >= 0.3 is 0 Å². The summed E-state index contributed by atoms with van der Waals surface area (Å²) in [6.45, 7) is 1.72. The largest absolute Gasteiger partial charge is 0.376 e. The molecule has 0 aliphatic carbocycles. The zero-order valence-electron chi connectivity index (χ0n) is 10.1. The molecule has 3 N–H and O–H groups in total. The molecule has 0 spiro atoms. The summed E-state index contributed by atoms with van der Waals surface area (Å²) in [7, 11) is 2.00. The van der Waals surface area contributed by atoms with E-state index in [-0.39, 0.29) is 0 Å². The SMILES string of the molecule is CN(CC1CCCCO1)c1ccnc(NN)n1. The first-order chi connectivity index (χ1) is 8.29. The summed E-state index contributed by atoms with van der Waals surface area (Å²) in [6, 6.07) is 1.86. The predicted octanol–water partition coefficient (Wildman–Crippen LogP) is 0.767. The zero-order valence-corrected chi connectivity index (χ0v) is 10.1. The highest BCUT2D eigenvalue weighted by Gasteiger charge is 2.16. The Morgan fingerprint density at radius 1 is 1.59 bits per heavy atom. The fourth-order valence-electron chi connectivity index (χ4n) is 1.98. The summed E-state index contributed by atoms with van der Waals surface area (Å²) in [4.78, 5) is 10.3. The van der Waals surface area contributed by atoms with Crippen LogP contribution in [0.25, 0.3) is 0 Å². The van der Waals surface area contributed by atoms with Crippen molar-refractivity contribution < 1.29 is 4.74 Å². The van der Waals surface area contributed by atoms with Gasteiger partial charge in [0, 0.05) is 26.4 Å². The molecule has 1 aromatic rings. The minimum atomic E-state index is 0.304. The van der Waals surface area contributed by atoms with Crippen LogP contribution in [0.1, 0.15) is 19.3 Å². The second-order valence-electron chi connectivity index (χ2n) is 4.25. The third-order valence-electron chi connectivity index (χ3n) is 2.91. The molecule has 17 heavy (non-hydrogen) atoms. The third-order valence-corrected chi connectivity index (χ3v) is 2.91. The molecular weight excluding hydrogens is 218 g/mol. The molecule has 1 atom stereocenters. The Bertz CT molecular complexity index is 353. The molecule has 1 unspecified atom stereocenters. The molecule has 1 saturated heterocycles. The number of nitrogen functional groups attached to an aromatic ring is 1. The second kappa shape index (κ2) is 5.79. The molecule has 0 radical (unpaired) electrons. The molecule has 2 heterocycles. The van der Waals surface area contributed by atoms with E-state index in [9.17, 15) is 0 Å². The average molecular weight is 237 g/mol. The highest BCUT2D eigenvalue weighted by Crippen LogP contribution is 2.16. The molecule has 0 bridgehead atoms. The normalized spacial score (nSPS) is 20.0. The summed E-state index contributed by atoms with van der Waals surface area (Å²) in [5.74, 6) is 6.56. The van der Waals surface area contributed by atoms with E-state index in [0.29, 0.717) is 12.1 Å². The van der Waals surface area contributed by atoms with Crippen LogP contribution in [0.2, 0.25) is 0 Å².